The molecule has 0 aliphatic carbocycles. The number of hydrogen-bond acceptors (Lipinski definition) is 5. The Bertz CT molecular complexity index is 991. The molecule has 148 valence electrons. The van der Waals surface area contributed by atoms with E-state index in [1.165, 1.54) is 0 Å². The topological polar surface area (TPSA) is 68.8 Å². The number of anilines is 1. The molecule has 0 fully saturated rings. The first-order chi connectivity index (χ1) is 14.2. The van der Waals surface area contributed by atoms with Gasteiger partial charge in [0.1, 0.15) is 11.8 Å². The Labute approximate surface area is 169 Å². The average Bonchev–Trinajstić information content (AvgIpc) is 3.23. The van der Waals surface area contributed by atoms with E-state index in [2.05, 4.69) is 10.6 Å². The summed E-state index contributed by atoms with van der Waals surface area (Å²) in [6, 6.07) is 22.2. The highest BCUT2D eigenvalue weighted by Gasteiger charge is 2.21. The van der Waals surface area contributed by atoms with Crippen molar-refractivity contribution in [3.63, 3.8) is 0 Å². The van der Waals surface area contributed by atoms with Crippen molar-refractivity contribution in [1.82, 2.24) is 5.32 Å². The number of methoxy groups -OCH3 is 1. The molecule has 1 heterocycles. The van der Waals surface area contributed by atoms with E-state index in [1.807, 2.05) is 66.7 Å². The van der Waals surface area contributed by atoms with E-state index >= 15 is 0 Å². The predicted octanol–water partition coefficient (Wildman–Crippen LogP) is 3.89. The SMILES string of the molecule is COc1cccc(NC(=O)[C@H](NCc2ccc3c(c2)OCO3)c2ccccc2)c1. The molecule has 1 atom stereocenters. The molecule has 0 unspecified atom stereocenters. The van der Waals surface area contributed by atoms with E-state index in [0.717, 1.165) is 22.6 Å². The van der Waals surface area contributed by atoms with Crippen LogP contribution in [0.2, 0.25) is 0 Å². The summed E-state index contributed by atoms with van der Waals surface area (Å²) in [5.41, 5.74) is 2.57. The molecule has 0 saturated heterocycles. The maximum absolute atomic E-state index is 13.1. The summed E-state index contributed by atoms with van der Waals surface area (Å²) in [5, 5.41) is 6.32. The van der Waals surface area contributed by atoms with Crippen molar-refractivity contribution < 1.29 is 19.0 Å². The summed E-state index contributed by atoms with van der Waals surface area (Å²) in [4.78, 5) is 13.1. The highest BCUT2D eigenvalue weighted by molar-refractivity contribution is 5.95. The molecule has 6 heteroatoms. The maximum Gasteiger partial charge on any atom is 0.246 e. The number of nitrogens with one attached hydrogen (secondary N) is 2. The molecule has 0 radical (unpaired) electrons. The molecule has 1 amide bonds. The van der Waals surface area contributed by atoms with Crippen molar-refractivity contribution in [2.45, 2.75) is 12.6 Å². The lowest BCUT2D eigenvalue weighted by Crippen LogP contribution is -2.32. The average molecular weight is 390 g/mol. The fraction of sp³-hybridized carbons (Fsp3) is 0.174. The van der Waals surface area contributed by atoms with Crippen molar-refractivity contribution in [2.75, 3.05) is 19.2 Å². The highest BCUT2D eigenvalue weighted by atomic mass is 16.7. The summed E-state index contributed by atoms with van der Waals surface area (Å²) < 4.78 is 16.0. The molecule has 6 nitrogen and oxygen atoms in total. The minimum Gasteiger partial charge on any atom is -0.497 e. The van der Waals surface area contributed by atoms with E-state index in [-0.39, 0.29) is 12.7 Å². The van der Waals surface area contributed by atoms with Crippen LogP contribution >= 0.6 is 0 Å². The number of benzene rings is 3. The highest BCUT2D eigenvalue weighted by Crippen LogP contribution is 2.32. The lowest BCUT2D eigenvalue weighted by atomic mass is 10.1. The zero-order chi connectivity index (χ0) is 20.1. The van der Waals surface area contributed by atoms with Crippen molar-refractivity contribution in [1.29, 1.82) is 0 Å². The van der Waals surface area contributed by atoms with Gasteiger partial charge in [0.15, 0.2) is 11.5 Å². The second-order valence-electron chi connectivity index (χ2n) is 6.63. The van der Waals surface area contributed by atoms with Crippen LogP contribution in [0.4, 0.5) is 5.69 Å². The van der Waals surface area contributed by atoms with E-state index < -0.39 is 6.04 Å². The van der Waals surface area contributed by atoms with Gasteiger partial charge in [-0.05, 0) is 35.4 Å². The quantitative estimate of drug-likeness (QED) is 0.641. The van der Waals surface area contributed by atoms with E-state index in [1.54, 1.807) is 13.2 Å². The Hall–Kier alpha value is -3.51. The molecule has 2 N–H and O–H groups in total. The van der Waals surface area contributed by atoms with Crippen molar-refractivity contribution in [2.24, 2.45) is 0 Å². The monoisotopic (exact) mass is 390 g/mol. The number of ether oxygens (including phenoxy) is 3. The van der Waals surface area contributed by atoms with Crippen LogP contribution in [0.3, 0.4) is 0 Å². The van der Waals surface area contributed by atoms with Gasteiger partial charge in [-0.25, -0.2) is 0 Å². The van der Waals surface area contributed by atoms with Crippen molar-refractivity contribution >= 4 is 11.6 Å². The van der Waals surface area contributed by atoms with Crippen LogP contribution in [0, 0.1) is 0 Å². The van der Waals surface area contributed by atoms with Crippen molar-refractivity contribution in [3.05, 3.63) is 83.9 Å². The molecule has 1 aliphatic rings. The minimum atomic E-state index is -0.521. The molecule has 29 heavy (non-hydrogen) atoms. The van der Waals surface area contributed by atoms with Crippen LogP contribution in [0.15, 0.2) is 72.8 Å². The summed E-state index contributed by atoms with van der Waals surface area (Å²) in [6.45, 7) is 0.740. The minimum absolute atomic E-state index is 0.148. The normalized spacial score (nSPS) is 13.0. The molecule has 3 aromatic carbocycles. The van der Waals surface area contributed by atoms with Gasteiger partial charge in [0.25, 0.3) is 0 Å². The van der Waals surface area contributed by atoms with Crippen LogP contribution < -0.4 is 24.8 Å². The molecule has 3 aromatic rings. The van der Waals surface area contributed by atoms with Crippen LogP contribution in [0.1, 0.15) is 17.2 Å². The second kappa shape index (κ2) is 8.67. The Balaban J connectivity index is 1.51. The van der Waals surface area contributed by atoms with Crippen LogP contribution in [-0.2, 0) is 11.3 Å². The first-order valence-corrected chi connectivity index (χ1v) is 9.35. The first-order valence-electron chi connectivity index (χ1n) is 9.35. The standard InChI is InChI=1S/C23H22N2O4/c1-27-19-9-5-8-18(13-19)25-23(26)22(17-6-3-2-4-7-17)24-14-16-10-11-20-21(12-16)29-15-28-20/h2-13,22,24H,14-15H2,1H3,(H,25,26)/t22-/m1/s1. The molecule has 0 spiro atoms. The summed E-state index contributed by atoms with van der Waals surface area (Å²) >= 11 is 0. The smallest absolute Gasteiger partial charge is 0.246 e. The summed E-state index contributed by atoms with van der Waals surface area (Å²) in [7, 11) is 1.60. The number of rotatable bonds is 7. The van der Waals surface area contributed by atoms with Crippen LogP contribution in [-0.4, -0.2) is 19.8 Å². The van der Waals surface area contributed by atoms with Crippen LogP contribution in [0.25, 0.3) is 0 Å². The number of fused-ring (bicyclic) bond motifs is 1. The third kappa shape index (κ3) is 4.50. The Kier molecular flexibility index (Phi) is 5.63. The van der Waals surface area contributed by atoms with E-state index in [0.29, 0.717) is 18.0 Å². The molecule has 0 saturated carbocycles. The third-order valence-corrected chi connectivity index (χ3v) is 4.68. The first kappa shape index (κ1) is 18.8. The van der Waals surface area contributed by atoms with Gasteiger partial charge in [-0.15, -0.1) is 0 Å². The number of carbonyl (C=O) groups is 1. The Morgan fingerprint density at radius 3 is 2.66 bits per heavy atom. The van der Waals surface area contributed by atoms with Gasteiger partial charge in [-0.1, -0.05) is 42.5 Å². The number of amides is 1. The molecule has 0 bridgehead atoms. The van der Waals surface area contributed by atoms with Gasteiger partial charge in [-0.2, -0.15) is 0 Å². The van der Waals surface area contributed by atoms with E-state index in [4.69, 9.17) is 14.2 Å². The fourth-order valence-corrected chi connectivity index (χ4v) is 3.19. The summed E-state index contributed by atoms with van der Waals surface area (Å²) in [5.74, 6) is 2.00. The maximum atomic E-state index is 13.1. The van der Waals surface area contributed by atoms with E-state index in [9.17, 15) is 4.79 Å². The van der Waals surface area contributed by atoms with Crippen LogP contribution in [0.5, 0.6) is 17.2 Å². The zero-order valence-corrected chi connectivity index (χ0v) is 16.1. The van der Waals surface area contributed by atoms with Gasteiger partial charge in [-0.3, -0.25) is 10.1 Å². The second-order valence-corrected chi connectivity index (χ2v) is 6.63. The Morgan fingerprint density at radius 1 is 1.00 bits per heavy atom. The lowest BCUT2D eigenvalue weighted by Gasteiger charge is -2.19. The fourth-order valence-electron chi connectivity index (χ4n) is 3.19. The number of carbonyl (C=O) groups excluding carboxylic acids is 1. The lowest BCUT2D eigenvalue weighted by molar-refractivity contribution is -0.118. The van der Waals surface area contributed by atoms with Gasteiger partial charge < -0.3 is 19.5 Å². The molecule has 4 rings (SSSR count). The summed E-state index contributed by atoms with van der Waals surface area (Å²) in [6.07, 6.45) is 0. The van der Waals surface area contributed by atoms with Gasteiger partial charge in [0.05, 0.1) is 7.11 Å². The number of hydrogen-bond donors (Lipinski definition) is 2. The van der Waals surface area contributed by atoms with Gasteiger partial charge >= 0.3 is 0 Å². The molecule has 1 aliphatic heterocycles. The van der Waals surface area contributed by atoms with Crippen molar-refractivity contribution in [3.8, 4) is 17.2 Å². The Morgan fingerprint density at radius 2 is 1.83 bits per heavy atom. The molecule has 0 aromatic heterocycles. The van der Waals surface area contributed by atoms with Gasteiger partial charge in [0, 0.05) is 18.3 Å². The largest absolute Gasteiger partial charge is 0.497 e. The van der Waals surface area contributed by atoms with Gasteiger partial charge in [0.2, 0.25) is 12.7 Å². The predicted molar refractivity (Wildman–Crippen MR) is 110 cm³/mol. The molecular formula is C23H22N2O4. The molecular weight excluding hydrogens is 368 g/mol. The third-order valence-electron chi connectivity index (χ3n) is 4.68. The zero-order valence-electron chi connectivity index (χ0n) is 16.1.